The fraction of sp³-hybridized carbons (Fsp3) is 0.429. The average molecular weight is 278 g/mol. The summed E-state index contributed by atoms with van der Waals surface area (Å²) in [4.78, 5) is 25.4. The number of aromatic amines is 1. The molecule has 0 radical (unpaired) electrons. The summed E-state index contributed by atoms with van der Waals surface area (Å²) in [6.45, 7) is 5.37. The monoisotopic (exact) mass is 278 g/mol. The van der Waals surface area contributed by atoms with E-state index in [1.807, 2.05) is 0 Å². The minimum absolute atomic E-state index is 0.331. The van der Waals surface area contributed by atoms with Gasteiger partial charge in [0.1, 0.15) is 11.6 Å². The van der Waals surface area contributed by atoms with E-state index in [4.69, 9.17) is 14.9 Å². The number of nitrogens with one attached hydrogen (secondary N) is 1. The standard InChI is InChI=1S/C14H18N2O4/c1-14(2,3)20-12(17)9(15)6-8-4-5-11-10(7-8)16-13(18)19-11/h4-5,7,9H,6,15H2,1-3H3,(H,16,18). The number of carbonyl (C=O) groups is 1. The van der Waals surface area contributed by atoms with Gasteiger partial charge in [-0.05, 0) is 44.9 Å². The number of fused-ring (bicyclic) bond motifs is 1. The van der Waals surface area contributed by atoms with Gasteiger partial charge in [-0.15, -0.1) is 0 Å². The third-order valence-corrected chi connectivity index (χ3v) is 2.65. The van der Waals surface area contributed by atoms with E-state index in [1.165, 1.54) is 0 Å². The zero-order valence-corrected chi connectivity index (χ0v) is 11.7. The molecular weight excluding hydrogens is 260 g/mol. The van der Waals surface area contributed by atoms with Gasteiger partial charge < -0.3 is 14.9 Å². The molecule has 1 aromatic carbocycles. The van der Waals surface area contributed by atoms with E-state index >= 15 is 0 Å². The van der Waals surface area contributed by atoms with Crippen LogP contribution in [0.5, 0.6) is 0 Å². The van der Waals surface area contributed by atoms with Crippen LogP contribution >= 0.6 is 0 Å². The van der Waals surface area contributed by atoms with Gasteiger partial charge in [0.15, 0.2) is 5.58 Å². The molecule has 1 heterocycles. The molecular formula is C14H18N2O4. The van der Waals surface area contributed by atoms with Crippen LogP contribution in [0.15, 0.2) is 27.4 Å². The minimum Gasteiger partial charge on any atom is -0.459 e. The fourth-order valence-corrected chi connectivity index (χ4v) is 1.84. The Hall–Kier alpha value is -2.08. The Kier molecular flexibility index (Phi) is 3.67. The van der Waals surface area contributed by atoms with Gasteiger partial charge in [-0.3, -0.25) is 9.78 Å². The molecule has 108 valence electrons. The summed E-state index contributed by atoms with van der Waals surface area (Å²) < 4.78 is 10.1. The number of hydrogen-bond acceptors (Lipinski definition) is 5. The second-order valence-electron chi connectivity index (χ2n) is 5.69. The SMILES string of the molecule is CC(C)(C)OC(=O)C(N)Cc1ccc2oc(=O)[nH]c2c1. The third kappa shape index (κ3) is 3.48. The van der Waals surface area contributed by atoms with Gasteiger partial charge in [0, 0.05) is 0 Å². The number of hydrogen-bond donors (Lipinski definition) is 2. The predicted octanol–water partition coefficient (Wildman–Crippen LogP) is 1.33. The number of oxazole rings is 1. The normalized spacial score (nSPS) is 13.4. The summed E-state index contributed by atoms with van der Waals surface area (Å²) in [5, 5.41) is 0. The molecule has 0 aliphatic carbocycles. The van der Waals surface area contributed by atoms with Crippen molar-refractivity contribution in [3.8, 4) is 0 Å². The molecule has 6 nitrogen and oxygen atoms in total. The van der Waals surface area contributed by atoms with Crippen LogP contribution in [-0.2, 0) is 16.0 Å². The molecule has 3 N–H and O–H groups in total. The van der Waals surface area contributed by atoms with E-state index in [9.17, 15) is 9.59 Å². The summed E-state index contributed by atoms with van der Waals surface area (Å²) in [5.74, 6) is -0.952. The van der Waals surface area contributed by atoms with Crippen molar-refractivity contribution in [2.75, 3.05) is 0 Å². The lowest BCUT2D eigenvalue weighted by Gasteiger charge is -2.22. The minimum atomic E-state index is -0.745. The van der Waals surface area contributed by atoms with Gasteiger partial charge in [0.25, 0.3) is 0 Å². The zero-order valence-electron chi connectivity index (χ0n) is 11.7. The third-order valence-electron chi connectivity index (χ3n) is 2.65. The molecule has 20 heavy (non-hydrogen) atoms. The number of H-pyrrole nitrogens is 1. The maximum atomic E-state index is 11.8. The number of ether oxygens (including phenoxy) is 1. The molecule has 0 bridgehead atoms. The number of carbonyl (C=O) groups excluding carboxylic acids is 1. The highest BCUT2D eigenvalue weighted by Gasteiger charge is 2.22. The maximum absolute atomic E-state index is 11.8. The van der Waals surface area contributed by atoms with Gasteiger partial charge in [0.2, 0.25) is 0 Å². The quantitative estimate of drug-likeness (QED) is 0.825. The number of aromatic nitrogens is 1. The Morgan fingerprint density at radius 2 is 2.15 bits per heavy atom. The van der Waals surface area contributed by atoms with Crippen LogP contribution in [0.25, 0.3) is 11.1 Å². The van der Waals surface area contributed by atoms with Crippen molar-refractivity contribution in [2.45, 2.75) is 38.8 Å². The van der Waals surface area contributed by atoms with E-state index in [2.05, 4.69) is 4.98 Å². The molecule has 0 aliphatic heterocycles. The summed E-state index contributed by atoms with van der Waals surface area (Å²) in [7, 11) is 0. The Morgan fingerprint density at radius 3 is 2.80 bits per heavy atom. The Balaban J connectivity index is 2.11. The first-order valence-electron chi connectivity index (χ1n) is 6.35. The van der Waals surface area contributed by atoms with Gasteiger partial charge in [-0.25, -0.2) is 4.79 Å². The lowest BCUT2D eigenvalue weighted by molar-refractivity contribution is -0.156. The fourth-order valence-electron chi connectivity index (χ4n) is 1.84. The van der Waals surface area contributed by atoms with Crippen molar-refractivity contribution in [1.82, 2.24) is 4.98 Å². The topological polar surface area (TPSA) is 98.3 Å². The Morgan fingerprint density at radius 1 is 1.45 bits per heavy atom. The summed E-state index contributed by atoms with van der Waals surface area (Å²) >= 11 is 0. The lowest BCUT2D eigenvalue weighted by Crippen LogP contribution is -2.38. The highest BCUT2D eigenvalue weighted by Crippen LogP contribution is 2.15. The summed E-state index contributed by atoms with van der Waals surface area (Å²) in [6.07, 6.45) is 0.331. The number of nitrogens with two attached hydrogens (primary N) is 1. The molecule has 6 heteroatoms. The van der Waals surface area contributed by atoms with Crippen molar-refractivity contribution in [1.29, 1.82) is 0 Å². The zero-order chi connectivity index (χ0) is 14.9. The van der Waals surface area contributed by atoms with Crippen LogP contribution in [0.4, 0.5) is 0 Å². The van der Waals surface area contributed by atoms with Crippen LogP contribution in [0.2, 0.25) is 0 Å². The van der Waals surface area contributed by atoms with E-state index in [1.54, 1.807) is 39.0 Å². The second kappa shape index (κ2) is 5.13. The lowest BCUT2D eigenvalue weighted by atomic mass is 10.1. The van der Waals surface area contributed by atoms with Gasteiger partial charge in [0.05, 0.1) is 5.52 Å². The predicted molar refractivity (Wildman–Crippen MR) is 74.4 cm³/mol. The smallest absolute Gasteiger partial charge is 0.417 e. The Labute approximate surface area is 115 Å². The van der Waals surface area contributed by atoms with Crippen molar-refractivity contribution in [2.24, 2.45) is 5.73 Å². The first-order chi connectivity index (χ1) is 9.24. The first-order valence-corrected chi connectivity index (χ1v) is 6.35. The summed E-state index contributed by atoms with van der Waals surface area (Å²) in [5.41, 5.74) is 7.16. The highest BCUT2D eigenvalue weighted by molar-refractivity contribution is 5.77. The van der Waals surface area contributed by atoms with Gasteiger partial charge in [-0.1, -0.05) is 6.07 Å². The number of esters is 1. The summed E-state index contributed by atoms with van der Waals surface area (Å²) in [6, 6.07) is 4.43. The molecule has 0 saturated carbocycles. The van der Waals surface area contributed by atoms with E-state index < -0.39 is 23.4 Å². The van der Waals surface area contributed by atoms with Crippen molar-refractivity contribution >= 4 is 17.1 Å². The van der Waals surface area contributed by atoms with E-state index in [0.717, 1.165) is 5.56 Å². The molecule has 2 aromatic rings. The molecule has 0 aliphatic rings. The van der Waals surface area contributed by atoms with Crippen LogP contribution < -0.4 is 11.5 Å². The van der Waals surface area contributed by atoms with Crippen LogP contribution in [0.1, 0.15) is 26.3 Å². The van der Waals surface area contributed by atoms with Gasteiger partial charge >= 0.3 is 11.7 Å². The van der Waals surface area contributed by atoms with E-state index in [-0.39, 0.29) is 0 Å². The molecule has 0 amide bonds. The molecule has 2 rings (SSSR count). The molecule has 0 spiro atoms. The van der Waals surface area contributed by atoms with Crippen molar-refractivity contribution in [3.05, 3.63) is 34.3 Å². The van der Waals surface area contributed by atoms with Crippen LogP contribution in [-0.4, -0.2) is 22.6 Å². The van der Waals surface area contributed by atoms with Crippen molar-refractivity contribution in [3.63, 3.8) is 0 Å². The molecule has 1 unspecified atom stereocenters. The first kappa shape index (κ1) is 14.3. The van der Waals surface area contributed by atoms with E-state index in [0.29, 0.717) is 17.5 Å². The van der Waals surface area contributed by atoms with Gasteiger partial charge in [-0.2, -0.15) is 0 Å². The molecule has 1 aromatic heterocycles. The Bertz CT molecular complexity index is 678. The molecule has 0 fully saturated rings. The number of benzene rings is 1. The average Bonchev–Trinajstić information content (AvgIpc) is 2.66. The van der Waals surface area contributed by atoms with Crippen molar-refractivity contribution < 1.29 is 13.9 Å². The molecule has 0 saturated heterocycles. The largest absolute Gasteiger partial charge is 0.459 e. The van der Waals surface area contributed by atoms with Crippen LogP contribution in [0, 0.1) is 0 Å². The maximum Gasteiger partial charge on any atom is 0.417 e. The molecule has 1 atom stereocenters. The van der Waals surface area contributed by atoms with Crippen LogP contribution in [0.3, 0.4) is 0 Å². The highest BCUT2D eigenvalue weighted by atomic mass is 16.6. The second-order valence-corrected chi connectivity index (χ2v) is 5.69. The number of rotatable bonds is 3.